The van der Waals surface area contributed by atoms with E-state index < -0.39 is 0 Å². The standard InChI is InChI=1S/C35H20N4S/c1-3-13-23(14-4-1)33-36-34(24-15-5-2-6-16-24)38-35(37-33)39-28-20-10-7-17-25(28)31-27-19-9-12-22-30(27)40-32(31)26-18-8-11-21-29(26)39/h1-5,7-15,17-22H. The molecule has 0 amide bonds. The Bertz CT molecular complexity index is 1960. The molecule has 1 aliphatic heterocycles. The Labute approximate surface area is 235 Å². The number of hydrogen-bond donors (Lipinski definition) is 0. The van der Waals surface area contributed by atoms with Gasteiger partial charge in [0.1, 0.15) is 0 Å². The third-order valence-electron chi connectivity index (χ3n) is 7.15. The van der Waals surface area contributed by atoms with E-state index in [-0.39, 0.29) is 0 Å². The smallest absolute Gasteiger partial charge is 0.238 e. The van der Waals surface area contributed by atoms with Crippen LogP contribution in [0.3, 0.4) is 0 Å². The van der Waals surface area contributed by atoms with E-state index in [4.69, 9.17) is 15.0 Å². The molecule has 0 spiro atoms. The summed E-state index contributed by atoms with van der Waals surface area (Å²) in [6.45, 7) is 0. The average Bonchev–Trinajstić information content (AvgIpc) is 3.36. The molecule has 4 nitrogen and oxygen atoms in total. The molecule has 0 N–H and O–H groups in total. The molecule has 8 rings (SSSR count). The van der Waals surface area contributed by atoms with Crippen LogP contribution >= 0.6 is 11.3 Å². The first-order valence-electron chi connectivity index (χ1n) is 13.1. The van der Waals surface area contributed by atoms with E-state index in [2.05, 4.69) is 89.8 Å². The van der Waals surface area contributed by atoms with Gasteiger partial charge in [-0.25, -0.2) is 4.98 Å². The lowest BCUT2D eigenvalue weighted by molar-refractivity contribution is 1.02. The molecule has 40 heavy (non-hydrogen) atoms. The van der Waals surface area contributed by atoms with E-state index in [9.17, 15) is 0 Å². The monoisotopic (exact) mass is 528 g/mol. The molecule has 0 saturated carbocycles. The largest absolute Gasteiger partial charge is 0.278 e. The minimum atomic E-state index is 0.556. The van der Waals surface area contributed by atoms with E-state index in [1.165, 1.54) is 20.5 Å². The molecule has 1 aliphatic rings. The Morgan fingerprint density at radius 2 is 1.30 bits per heavy atom. The molecule has 2 aromatic heterocycles. The number of thiophene rings is 1. The molecule has 0 radical (unpaired) electrons. The number of aromatic nitrogens is 3. The molecule has 3 heterocycles. The summed E-state index contributed by atoms with van der Waals surface area (Å²) in [5.74, 6) is 1.72. The van der Waals surface area contributed by atoms with Gasteiger partial charge in [0.25, 0.3) is 0 Å². The van der Waals surface area contributed by atoms with Gasteiger partial charge in [-0.3, -0.25) is 4.90 Å². The summed E-state index contributed by atoms with van der Waals surface area (Å²) in [6.07, 6.45) is 0. The number of para-hydroxylation sites is 2. The Morgan fingerprint density at radius 1 is 0.600 bits per heavy atom. The van der Waals surface area contributed by atoms with Gasteiger partial charge in [0.05, 0.1) is 16.9 Å². The van der Waals surface area contributed by atoms with Crippen LogP contribution in [0, 0.1) is 12.1 Å². The summed E-state index contributed by atoms with van der Waals surface area (Å²) in [6, 6.07) is 47.7. The SMILES string of the molecule is c1cccc(-c2nc(-c3ccccc3)nc(N3c4ccccc4-c4sc5ccccc5c4-c4ccccc43)n2)c#1. The fourth-order valence-electron chi connectivity index (χ4n) is 5.37. The lowest BCUT2D eigenvalue weighted by Crippen LogP contribution is -2.16. The Morgan fingerprint density at radius 3 is 2.12 bits per heavy atom. The number of benzene rings is 4. The predicted molar refractivity (Wildman–Crippen MR) is 163 cm³/mol. The second-order valence-electron chi connectivity index (χ2n) is 9.53. The predicted octanol–water partition coefficient (Wildman–Crippen LogP) is 9.14. The van der Waals surface area contributed by atoms with Gasteiger partial charge >= 0.3 is 0 Å². The maximum absolute atomic E-state index is 5.08. The summed E-state index contributed by atoms with van der Waals surface area (Å²) >= 11 is 1.83. The van der Waals surface area contributed by atoms with Crippen molar-refractivity contribution in [1.82, 2.24) is 15.0 Å². The maximum Gasteiger partial charge on any atom is 0.238 e. The minimum absolute atomic E-state index is 0.556. The zero-order valence-electron chi connectivity index (χ0n) is 21.2. The minimum Gasteiger partial charge on any atom is -0.278 e. The Kier molecular flexibility index (Phi) is 5.19. The van der Waals surface area contributed by atoms with Gasteiger partial charge in [0.2, 0.25) is 5.95 Å². The van der Waals surface area contributed by atoms with Gasteiger partial charge < -0.3 is 0 Å². The first kappa shape index (κ1) is 22.7. The van der Waals surface area contributed by atoms with E-state index in [1.807, 2.05) is 59.9 Å². The number of hydrogen-bond acceptors (Lipinski definition) is 5. The maximum atomic E-state index is 5.08. The second kappa shape index (κ2) is 9.16. The van der Waals surface area contributed by atoms with Crippen LogP contribution < -0.4 is 4.90 Å². The molecule has 186 valence electrons. The first-order valence-corrected chi connectivity index (χ1v) is 13.9. The van der Waals surface area contributed by atoms with Gasteiger partial charge in [0, 0.05) is 37.2 Å². The highest BCUT2D eigenvalue weighted by molar-refractivity contribution is 7.23. The topological polar surface area (TPSA) is 41.9 Å². The van der Waals surface area contributed by atoms with Crippen LogP contribution in [-0.2, 0) is 0 Å². The summed E-state index contributed by atoms with van der Waals surface area (Å²) < 4.78 is 1.27. The van der Waals surface area contributed by atoms with E-state index in [1.54, 1.807) is 0 Å². The van der Waals surface area contributed by atoms with Crippen LogP contribution in [0.5, 0.6) is 0 Å². The highest BCUT2D eigenvalue weighted by atomic mass is 32.1. The highest BCUT2D eigenvalue weighted by Gasteiger charge is 2.30. The van der Waals surface area contributed by atoms with Crippen LogP contribution in [0.1, 0.15) is 0 Å². The normalized spacial score (nSPS) is 11.8. The zero-order valence-corrected chi connectivity index (χ0v) is 22.1. The molecular weight excluding hydrogens is 508 g/mol. The van der Waals surface area contributed by atoms with Gasteiger partial charge in [-0.15, -0.1) is 11.3 Å². The van der Waals surface area contributed by atoms with Crippen molar-refractivity contribution in [2.75, 3.05) is 4.90 Å². The average molecular weight is 529 g/mol. The Hall–Kier alpha value is -5.31. The third kappa shape index (κ3) is 3.59. The van der Waals surface area contributed by atoms with Crippen molar-refractivity contribution >= 4 is 38.7 Å². The number of anilines is 3. The number of rotatable bonds is 3. The first-order chi connectivity index (χ1) is 19.8. The molecule has 0 bridgehead atoms. The Balaban J connectivity index is 1.45. The fraction of sp³-hybridized carbons (Fsp3) is 0. The molecule has 5 heteroatoms. The third-order valence-corrected chi connectivity index (χ3v) is 8.35. The molecule has 0 saturated heterocycles. The van der Waals surface area contributed by atoms with Crippen molar-refractivity contribution in [2.45, 2.75) is 0 Å². The van der Waals surface area contributed by atoms with Gasteiger partial charge in [-0.2, -0.15) is 9.97 Å². The molecule has 0 atom stereocenters. The fourth-order valence-corrected chi connectivity index (χ4v) is 6.63. The van der Waals surface area contributed by atoms with Crippen LogP contribution in [0.25, 0.3) is 54.4 Å². The second-order valence-corrected chi connectivity index (χ2v) is 10.6. The van der Waals surface area contributed by atoms with Crippen molar-refractivity contribution < 1.29 is 0 Å². The van der Waals surface area contributed by atoms with Gasteiger partial charge in [0.15, 0.2) is 11.6 Å². The van der Waals surface area contributed by atoms with Crippen LogP contribution in [0.2, 0.25) is 0 Å². The number of nitrogens with zero attached hydrogens (tertiary/aromatic N) is 4. The highest BCUT2D eigenvalue weighted by Crippen LogP contribution is 2.55. The lowest BCUT2D eigenvalue weighted by Gasteiger charge is -2.25. The molecule has 0 aliphatic carbocycles. The van der Waals surface area contributed by atoms with Gasteiger partial charge in [-0.05, 0) is 30.3 Å². The quantitative estimate of drug-likeness (QED) is 0.229. The lowest BCUT2D eigenvalue weighted by atomic mass is 9.99. The molecule has 0 unspecified atom stereocenters. The molecule has 7 aromatic rings. The molecule has 5 aromatic carbocycles. The summed E-state index contributed by atoms with van der Waals surface area (Å²) in [5.41, 5.74) is 7.29. The van der Waals surface area contributed by atoms with E-state index >= 15 is 0 Å². The molecular formula is C35H20N4S. The summed E-state index contributed by atoms with van der Waals surface area (Å²) in [4.78, 5) is 18.4. The van der Waals surface area contributed by atoms with Crippen molar-refractivity contribution in [3.05, 3.63) is 133 Å². The van der Waals surface area contributed by atoms with Crippen molar-refractivity contribution in [3.8, 4) is 44.3 Å². The van der Waals surface area contributed by atoms with Crippen LogP contribution in [-0.4, -0.2) is 15.0 Å². The van der Waals surface area contributed by atoms with Crippen LogP contribution in [0.4, 0.5) is 17.3 Å². The zero-order chi connectivity index (χ0) is 26.5. The number of fused-ring (bicyclic) bond motifs is 7. The van der Waals surface area contributed by atoms with Crippen molar-refractivity contribution in [3.63, 3.8) is 0 Å². The molecule has 0 fully saturated rings. The van der Waals surface area contributed by atoms with Crippen LogP contribution in [0.15, 0.2) is 121 Å². The van der Waals surface area contributed by atoms with E-state index in [0.29, 0.717) is 17.6 Å². The summed E-state index contributed by atoms with van der Waals surface area (Å²) in [7, 11) is 0. The van der Waals surface area contributed by atoms with E-state index in [0.717, 1.165) is 33.6 Å². The van der Waals surface area contributed by atoms with Gasteiger partial charge in [-0.1, -0.05) is 103 Å². The summed E-state index contributed by atoms with van der Waals surface area (Å²) in [5, 5.41) is 1.25. The van der Waals surface area contributed by atoms with Crippen molar-refractivity contribution in [2.24, 2.45) is 0 Å². The van der Waals surface area contributed by atoms with Crippen molar-refractivity contribution in [1.29, 1.82) is 0 Å².